The second kappa shape index (κ2) is 10.7. The van der Waals surface area contributed by atoms with E-state index in [0.717, 1.165) is 10.8 Å². The van der Waals surface area contributed by atoms with Gasteiger partial charge in [-0.05, 0) is 6.07 Å². The first-order valence-electron chi connectivity index (χ1n) is 8.14. The Morgan fingerprint density at radius 3 is 2.03 bits per heavy atom. The molecule has 0 aliphatic carbocycles. The molecule has 2 heterocycles. The number of alkyl halides is 2. The van der Waals surface area contributed by atoms with Crippen molar-refractivity contribution in [1.29, 1.82) is 0 Å². The van der Waals surface area contributed by atoms with Gasteiger partial charge in [-0.15, -0.1) is 10.2 Å². The maximum Gasteiger partial charge on any atom is 0.334 e. The number of rotatable bonds is 1. The average molecular weight is 427 g/mol. The van der Waals surface area contributed by atoms with Crippen molar-refractivity contribution in [3.8, 4) is 0 Å². The Morgan fingerprint density at radius 1 is 0.867 bits per heavy atom. The van der Waals surface area contributed by atoms with Crippen LogP contribution in [0.2, 0.25) is 0 Å². The van der Waals surface area contributed by atoms with Crippen LogP contribution in [0.15, 0.2) is 79.3 Å². The molecule has 0 atom stereocenters. The molecule has 0 aliphatic heterocycles. The Labute approximate surface area is 164 Å². The molecule has 0 fully saturated rings. The number of aromatic amines is 1. The fourth-order valence-corrected chi connectivity index (χ4v) is 2.27. The molecule has 156 valence electrons. The van der Waals surface area contributed by atoms with Gasteiger partial charge in [0.05, 0.1) is 22.7 Å². The second-order valence-electron chi connectivity index (χ2n) is 5.50. The van der Waals surface area contributed by atoms with Crippen LogP contribution < -0.4 is 4.54 Å². The topological polar surface area (TPSA) is 64.5 Å². The van der Waals surface area contributed by atoms with E-state index in [-0.39, 0.29) is 5.69 Å². The zero-order valence-electron chi connectivity index (χ0n) is 14.9. The molecule has 0 spiro atoms. The summed E-state index contributed by atoms with van der Waals surface area (Å²) in [6.45, 7) is 0. The van der Waals surface area contributed by atoms with Crippen LogP contribution in [0.25, 0.3) is 21.5 Å². The van der Waals surface area contributed by atoms with Crippen LogP contribution in [0, 0.1) is 4.91 Å². The van der Waals surface area contributed by atoms with Crippen LogP contribution in [0.3, 0.4) is 0 Å². The molecule has 1 N–H and O–H groups in total. The first kappa shape index (κ1) is 22.5. The van der Waals surface area contributed by atoms with Crippen molar-refractivity contribution in [2.75, 3.05) is 0 Å². The molecule has 11 heteroatoms. The Balaban J connectivity index is 0.000000172. The predicted molar refractivity (Wildman–Crippen MR) is 97.6 cm³/mol. The van der Waals surface area contributed by atoms with E-state index in [1.165, 1.54) is 12.4 Å². The molecule has 0 unspecified atom stereocenters. The highest BCUT2D eigenvalue weighted by molar-refractivity contribution is 5.83. The van der Waals surface area contributed by atoms with Gasteiger partial charge in [0.1, 0.15) is 5.69 Å². The molecule has 0 bridgehead atoms. The SMILES string of the molecule is FC(F)=C(F)F.FC(F)c1nncc2ccccc12.O=[n+]1cc2ccccc2c[nH]1. The van der Waals surface area contributed by atoms with Crippen molar-refractivity contribution in [3.05, 3.63) is 89.9 Å². The van der Waals surface area contributed by atoms with Crippen molar-refractivity contribution in [1.82, 2.24) is 15.3 Å². The summed E-state index contributed by atoms with van der Waals surface area (Å²) in [4.78, 5) is 10.7. The van der Waals surface area contributed by atoms with Crippen LogP contribution >= 0.6 is 0 Å². The highest BCUT2D eigenvalue weighted by Gasteiger charge is 2.12. The Morgan fingerprint density at radius 2 is 1.43 bits per heavy atom. The number of H-pyrrole nitrogens is 1. The summed E-state index contributed by atoms with van der Waals surface area (Å²) >= 11 is 0. The van der Waals surface area contributed by atoms with Crippen molar-refractivity contribution < 1.29 is 30.9 Å². The van der Waals surface area contributed by atoms with Crippen molar-refractivity contribution in [2.24, 2.45) is 0 Å². The minimum atomic E-state index is -2.91. The van der Waals surface area contributed by atoms with Gasteiger partial charge in [0.2, 0.25) is 0 Å². The zero-order valence-corrected chi connectivity index (χ0v) is 14.9. The minimum Gasteiger partial charge on any atom is -0.203 e. The first-order chi connectivity index (χ1) is 14.3. The first-order valence-corrected chi connectivity index (χ1v) is 8.14. The van der Waals surface area contributed by atoms with Crippen molar-refractivity contribution >= 4 is 21.5 Å². The van der Waals surface area contributed by atoms with E-state index >= 15 is 0 Å². The second-order valence-corrected chi connectivity index (χ2v) is 5.50. The lowest BCUT2D eigenvalue weighted by atomic mass is 10.1. The van der Waals surface area contributed by atoms with E-state index in [0.29, 0.717) is 15.3 Å². The van der Waals surface area contributed by atoms with Gasteiger partial charge in [-0.25, -0.2) is 8.78 Å². The van der Waals surface area contributed by atoms with Crippen LogP contribution in [-0.4, -0.2) is 15.3 Å². The predicted octanol–water partition coefficient (Wildman–Crippen LogP) is 5.64. The summed E-state index contributed by atoms with van der Waals surface area (Å²) in [6.07, 6.45) is -3.72. The molecule has 4 rings (SSSR count). The van der Waals surface area contributed by atoms with Crippen LogP contribution in [0.1, 0.15) is 12.1 Å². The third-order valence-electron chi connectivity index (χ3n) is 3.55. The quantitative estimate of drug-likeness (QED) is 0.316. The molecule has 0 radical (unpaired) electrons. The maximum absolute atomic E-state index is 12.4. The molecule has 0 aliphatic rings. The Kier molecular flexibility index (Phi) is 8.03. The van der Waals surface area contributed by atoms with E-state index in [4.69, 9.17) is 0 Å². The van der Waals surface area contributed by atoms with Gasteiger partial charge in [-0.1, -0.05) is 42.5 Å². The summed E-state index contributed by atoms with van der Waals surface area (Å²) in [5.74, 6) is 0. The van der Waals surface area contributed by atoms with E-state index in [9.17, 15) is 31.2 Å². The lowest BCUT2D eigenvalue weighted by Crippen LogP contribution is -2.16. The smallest absolute Gasteiger partial charge is 0.203 e. The summed E-state index contributed by atoms with van der Waals surface area (Å²) in [6, 6.07) is 14.5. The van der Waals surface area contributed by atoms with Crippen molar-refractivity contribution in [2.45, 2.75) is 6.43 Å². The number of hydrogen-bond donors (Lipinski definition) is 1. The molecular formula is C19H13F6N4O+. The molecular weight excluding hydrogens is 414 g/mol. The third-order valence-corrected chi connectivity index (χ3v) is 3.55. The molecule has 0 saturated carbocycles. The normalized spacial score (nSPS) is 10.1. The van der Waals surface area contributed by atoms with Gasteiger partial charge in [0.15, 0.2) is 4.54 Å². The van der Waals surface area contributed by atoms with Crippen molar-refractivity contribution in [3.63, 3.8) is 0 Å². The largest absolute Gasteiger partial charge is 0.334 e. The molecule has 2 aromatic carbocycles. The lowest BCUT2D eigenvalue weighted by molar-refractivity contribution is -0.562. The Bertz CT molecular complexity index is 1190. The van der Waals surface area contributed by atoms with Crippen LogP contribution in [-0.2, 0) is 0 Å². The van der Waals surface area contributed by atoms with E-state index in [2.05, 4.69) is 15.3 Å². The number of nitrogens with one attached hydrogen (secondary N) is 1. The fourth-order valence-electron chi connectivity index (χ4n) is 2.27. The van der Waals surface area contributed by atoms with E-state index < -0.39 is 18.6 Å². The molecule has 4 aromatic rings. The van der Waals surface area contributed by atoms with Gasteiger partial charge in [0, 0.05) is 16.2 Å². The number of nitrogens with zero attached hydrogens (tertiary/aromatic N) is 3. The van der Waals surface area contributed by atoms with Gasteiger partial charge < -0.3 is 0 Å². The number of halogens is 6. The monoisotopic (exact) mass is 427 g/mol. The van der Waals surface area contributed by atoms with Gasteiger partial charge in [0.25, 0.3) is 12.6 Å². The number of benzene rings is 2. The number of fused-ring (bicyclic) bond motifs is 2. The number of hydrogen-bond acceptors (Lipinski definition) is 3. The molecule has 2 aromatic heterocycles. The van der Waals surface area contributed by atoms with Crippen LogP contribution in [0.5, 0.6) is 0 Å². The summed E-state index contributed by atoms with van der Waals surface area (Å²) in [5, 5.41) is 12.6. The molecule has 0 amide bonds. The zero-order chi connectivity index (χ0) is 22.1. The standard InChI is InChI=1S/C9H6F2N2.C8H7N2O.C2F4/c10-9(11)8-7-4-2-1-3-6(7)5-12-13-8;11-10-6-8-4-2-1-3-7(8)5-9-10;3-1(4)2(5)6/h1-5,9H;1-6H,(H,9,11);/q;+1;. The Hall–Kier alpha value is -3.76. The average Bonchev–Trinajstić information content (AvgIpc) is 2.74. The maximum atomic E-state index is 12.4. The summed E-state index contributed by atoms with van der Waals surface area (Å²) < 4.78 is 66.6. The molecule has 0 saturated heterocycles. The van der Waals surface area contributed by atoms with Gasteiger partial charge >= 0.3 is 12.2 Å². The van der Waals surface area contributed by atoms with Crippen LogP contribution in [0.4, 0.5) is 26.3 Å². The highest BCUT2D eigenvalue weighted by Crippen LogP contribution is 2.24. The highest BCUT2D eigenvalue weighted by atomic mass is 19.3. The third kappa shape index (κ3) is 6.40. The van der Waals surface area contributed by atoms with Gasteiger partial charge in [-0.3, -0.25) is 0 Å². The van der Waals surface area contributed by atoms with E-state index in [1.54, 1.807) is 30.5 Å². The van der Waals surface area contributed by atoms with Gasteiger partial charge in [-0.2, -0.15) is 22.7 Å². The van der Waals surface area contributed by atoms with E-state index in [1.807, 2.05) is 24.3 Å². The minimum absolute atomic E-state index is 0.252. The molecule has 5 nitrogen and oxygen atoms in total. The fraction of sp³-hybridized carbons (Fsp3) is 0.0526. The molecule has 30 heavy (non-hydrogen) atoms. The summed E-state index contributed by atoms with van der Waals surface area (Å²) in [7, 11) is 0. The number of aromatic nitrogens is 4. The lowest BCUT2D eigenvalue weighted by Gasteiger charge is -2.01. The summed E-state index contributed by atoms with van der Waals surface area (Å²) in [5.41, 5.74) is -0.252.